The van der Waals surface area contributed by atoms with Crippen molar-refractivity contribution in [2.24, 2.45) is 0 Å². The van der Waals surface area contributed by atoms with E-state index < -0.39 is 17.2 Å². The number of aromatic amines is 1. The van der Waals surface area contributed by atoms with Crippen LogP contribution in [-0.4, -0.2) is 4.98 Å². The van der Waals surface area contributed by atoms with Crippen LogP contribution < -0.4 is 16.0 Å². The van der Waals surface area contributed by atoms with Gasteiger partial charge in [0.2, 0.25) is 0 Å². The average molecular weight is 378 g/mol. The normalized spacial score (nSPS) is 10.1. The number of nitriles is 2. The maximum atomic E-state index is 13.7. The number of hydrogen-bond acceptors (Lipinski definition) is 5. The number of nitrogens with two attached hydrogens (primary N) is 1. The van der Waals surface area contributed by atoms with Crippen molar-refractivity contribution in [3.63, 3.8) is 0 Å². The Bertz CT molecular complexity index is 1210. The van der Waals surface area contributed by atoms with Gasteiger partial charge in [0.05, 0.1) is 0 Å². The zero-order valence-corrected chi connectivity index (χ0v) is 14.3. The number of anilines is 1. The van der Waals surface area contributed by atoms with E-state index in [9.17, 15) is 24.1 Å². The van der Waals surface area contributed by atoms with Gasteiger partial charge in [-0.05, 0) is 35.9 Å². The van der Waals surface area contributed by atoms with Crippen molar-refractivity contribution < 1.29 is 13.5 Å². The van der Waals surface area contributed by atoms with Crippen LogP contribution in [0.25, 0.3) is 11.1 Å². The molecule has 2 aromatic carbocycles. The Morgan fingerprint density at radius 1 is 1.07 bits per heavy atom. The Balaban J connectivity index is 2.01. The lowest BCUT2D eigenvalue weighted by Gasteiger charge is -2.11. The number of benzene rings is 2. The molecular weight excluding hydrogens is 366 g/mol. The maximum absolute atomic E-state index is 13.7. The third-order valence-corrected chi connectivity index (χ3v) is 3.99. The van der Waals surface area contributed by atoms with E-state index in [2.05, 4.69) is 4.98 Å². The number of halogens is 2. The zero-order valence-electron chi connectivity index (χ0n) is 14.3. The molecule has 0 spiro atoms. The first-order valence-corrected chi connectivity index (χ1v) is 7.97. The first kappa shape index (κ1) is 18.6. The lowest BCUT2D eigenvalue weighted by Crippen LogP contribution is -2.16. The first-order chi connectivity index (χ1) is 13.4. The monoisotopic (exact) mass is 378 g/mol. The minimum Gasteiger partial charge on any atom is -0.489 e. The van der Waals surface area contributed by atoms with Crippen LogP contribution in [0.5, 0.6) is 5.75 Å². The average Bonchev–Trinajstić information content (AvgIpc) is 2.68. The van der Waals surface area contributed by atoms with Gasteiger partial charge >= 0.3 is 0 Å². The third-order valence-electron chi connectivity index (χ3n) is 3.99. The van der Waals surface area contributed by atoms with Crippen molar-refractivity contribution in [2.75, 3.05) is 5.73 Å². The van der Waals surface area contributed by atoms with Crippen LogP contribution in [-0.2, 0) is 6.61 Å². The topological polar surface area (TPSA) is 116 Å². The summed E-state index contributed by atoms with van der Waals surface area (Å²) in [5.41, 5.74) is 5.12. The number of nitrogens with zero attached hydrogens (tertiary/aromatic N) is 2. The summed E-state index contributed by atoms with van der Waals surface area (Å²) in [6.07, 6.45) is 0. The molecule has 8 heteroatoms. The number of hydrogen-bond donors (Lipinski definition) is 2. The van der Waals surface area contributed by atoms with E-state index in [0.717, 1.165) is 18.2 Å². The molecule has 3 rings (SSSR count). The standard InChI is InChI=1S/C20H12F2N4O2/c21-13-4-5-17(22)12(6-13)10-28-14-3-1-2-11(7-14)18-15(8-23)19(25)26-20(27)16(18)9-24/h1-7H,10H2,(H3,25,26,27). The number of aromatic nitrogens is 1. The van der Waals surface area contributed by atoms with Crippen molar-refractivity contribution in [1.82, 2.24) is 4.98 Å². The van der Waals surface area contributed by atoms with Crippen LogP contribution in [0.15, 0.2) is 47.3 Å². The van der Waals surface area contributed by atoms with Gasteiger partial charge in [0.15, 0.2) is 0 Å². The summed E-state index contributed by atoms with van der Waals surface area (Å²) < 4.78 is 32.5. The second kappa shape index (κ2) is 7.60. The number of nitrogens with one attached hydrogen (secondary N) is 1. The minimum atomic E-state index is -0.720. The molecule has 138 valence electrons. The second-order valence-electron chi connectivity index (χ2n) is 5.77. The predicted octanol–water partition coefficient (Wildman–Crippen LogP) is 3.22. The molecule has 0 fully saturated rings. The molecular formula is C20H12F2N4O2. The zero-order chi connectivity index (χ0) is 20.3. The Kier molecular flexibility index (Phi) is 5.05. The van der Waals surface area contributed by atoms with Gasteiger partial charge in [-0.15, -0.1) is 0 Å². The highest BCUT2D eigenvalue weighted by Gasteiger charge is 2.18. The molecule has 0 amide bonds. The lowest BCUT2D eigenvalue weighted by atomic mass is 9.96. The Hall–Kier alpha value is -4.17. The summed E-state index contributed by atoms with van der Waals surface area (Å²) in [6, 6.07) is 12.9. The summed E-state index contributed by atoms with van der Waals surface area (Å²) in [5.74, 6) is -1.09. The molecule has 0 aliphatic carbocycles. The second-order valence-corrected chi connectivity index (χ2v) is 5.77. The molecule has 3 N–H and O–H groups in total. The maximum Gasteiger partial charge on any atom is 0.268 e. The van der Waals surface area contributed by atoms with Gasteiger partial charge in [-0.1, -0.05) is 12.1 Å². The van der Waals surface area contributed by atoms with E-state index in [0.29, 0.717) is 5.56 Å². The van der Waals surface area contributed by atoms with E-state index in [1.165, 1.54) is 6.07 Å². The van der Waals surface area contributed by atoms with Gasteiger partial charge in [-0.2, -0.15) is 10.5 Å². The van der Waals surface area contributed by atoms with E-state index in [1.807, 2.05) is 6.07 Å². The van der Waals surface area contributed by atoms with E-state index in [4.69, 9.17) is 10.5 Å². The molecule has 0 saturated carbocycles. The van der Waals surface area contributed by atoms with Crippen LogP contribution in [0.4, 0.5) is 14.6 Å². The van der Waals surface area contributed by atoms with Gasteiger partial charge < -0.3 is 15.5 Å². The van der Waals surface area contributed by atoms with Gasteiger partial charge in [0, 0.05) is 11.1 Å². The van der Waals surface area contributed by atoms with E-state index >= 15 is 0 Å². The molecule has 6 nitrogen and oxygen atoms in total. The van der Waals surface area contributed by atoms with Crippen LogP contribution in [0.3, 0.4) is 0 Å². The van der Waals surface area contributed by atoms with Crippen molar-refractivity contribution in [2.45, 2.75) is 6.61 Å². The molecule has 0 aliphatic rings. The predicted molar refractivity (Wildman–Crippen MR) is 97.0 cm³/mol. The quantitative estimate of drug-likeness (QED) is 0.723. The molecule has 1 heterocycles. The van der Waals surface area contributed by atoms with Gasteiger partial charge in [-0.25, -0.2) is 8.78 Å². The molecule has 1 aromatic heterocycles. The summed E-state index contributed by atoms with van der Waals surface area (Å²) >= 11 is 0. The summed E-state index contributed by atoms with van der Waals surface area (Å²) in [4.78, 5) is 14.3. The highest BCUT2D eigenvalue weighted by atomic mass is 19.1. The highest BCUT2D eigenvalue weighted by Crippen LogP contribution is 2.30. The van der Waals surface area contributed by atoms with E-state index in [-0.39, 0.29) is 40.4 Å². The molecule has 3 aromatic rings. The smallest absolute Gasteiger partial charge is 0.268 e. The lowest BCUT2D eigenvalue weighted by molar-refractivity contribution is 0.299. The number of rotatable bonds is 4. The number of ether oxygens (including phenoxy) is 1. The molecule has 0 unspecified atom stereocenters. The highest BCUT2D eigenvalue weighted by molar-refractivity contribution is 5.80. The first-order valence-electron chi connectivity index (χ1n) is 7.97. The van der Waals surface area contributed by atoms with Crippen molar-refractivity contribution in [3.05, 3.63) is 81.1 Å². The van der Waals surface area contributed by atoms with E-state index in [1.54, 1.807) is 24.3 Å². The molecule has 0 radical (unpaired) electrons. The Morgan fingerprint density at radius 3 is 2.54 bits per heavy atom. The van der Waals surface area contributed by atoms with Crippen molar-refractivity contribution >= 4 is 5.82 Å². The number of nitrogen functional groups attached to an aromatic ring is 1. The Labute approximate surface area is 158 Å². The van der Waals surface area contributed by atoms with Crippen molar-refractivity contribution in [1.29, 1.82) is 10.5 Å². The Morgan fingerprint density at radius 2 is 1.82 bits per heavy atom. The summed E-state index contributed by atoms with van der Waals surface area (Å²) in [6.45, 7) is -0.235. The van der Waals surface area contributed by atoms with Gasteiger partial charge in [-0.3, -0.25) is 4.79 Å². The SMILES string of the molecule is N#Cc1c(N)[nH]c(=O)c(C#N)c1-c1cccc(OCc2cc(F)ccc2F)c1. The van der Waals surface area contributed by atoms with Gasteiger partial charge in [0.1, 0.15) is 53.1 Å². The third kappa shape index (κ3) is 3.53. The largest absolute Gasteiger partial charge is 0.489 e. The van der Waals surface area contributed by atoms with Crippen LogP contribution in [0.2, 0.25) is 0 Å². The number of pyridine rings is 1. The minimum absolute atomic E-state index is 0.0289. The fourth-order valence-electron chi connectivity index (χ4n) is 2.69. The van der Waals surface area contributed by atoms with Crippen LogP contribution >= 0.6 is 0 Å². The molecule has 0 bridgehead atoms. The number of H-pyrrole nitrogens is 1. The summed E-state index contributed by atoms with van der Waals surface area (Å²) in [7, 11) is 0. The van der Waals surface area contributed by atoms with Crippen LogP contribution in [0, 0.1) is 34.3 Å². The fraction of sp³-hybridized carbons (Fsp3) is 0.0500. The molecule has 0 saturated heterocycles. The molecule has 28 heavy (non-hydrogen) atoms. The summed E-state index contributed by atoms with van der Waals surface area (Å²) in [5, 5.41) is 18.7. The van der Waals surface area contributed by atoms with Crippen LogP contribution in [0.1, 0.15) is 16.7 Å². The molecule has 0 aliphatic heterocycles. The fourth-order valence-corrected chi connectivity index (χ4v) is 2.69. The van der Waals surface area contributed by atoms with Gasteiger partial charge in [0.25, 0.3) is 5.56 Å². The van der Waals surface area contributed by atoms with Crippen molar-refractivity contribution in [3.8, 4) is 29.0 Å². The molecule has 0 atom stereocenters.